The van der Waals surface area contributed by atoms with Crippen molar-refractivity contribution >= 4 is 23.4 Å². The number of Topliss-reactive ketones (excluding diaryl/α,β-unsaturated/α-hetero) is 1. The Morgan fingerprint density at radius 1 is 1.17 bits per heavy atom. The van der Waals surface area contributed by atoms with E-state index in [4.69, 9.17) is 9.47 Å². The lowest BCUT2D eigenvalue weighted by Gasteiger charge is -2.31. The molecule has 8 nitrogen and oxygen atoms in total. The molecule has 8 heteroatoms. The van der Waals surface area contributed by atoms with E-state index in [2.05, 4.69) is 4.74 Å². The smallest absolute Gasteiger partial charge is 0.355 e. The average molecular weight is 335 g/mol. The van der Waals surface area contributed by atoms with E-state index in [1.807, 2.05) is 0 Å². The molecule has 0 radical (unpaired) electrons. The third kappa shape index (κ3) is 3.09. The molecule has 0 aromatic heterocycles. The summed E-state index contributed by atoms with van der Waals surface area (Å²) in [6, 6.07) is 4.50. The van der Waals surface area contributed by atoms with Crippen LogP contribution in [0.2, 0.25) is 0 Å². The van der Waals surface area contributed by atoms with Crippen molar-refractivity contribution < 1.29 is 33.7 Å². The van der Waals surface area contributed by atoms with Gasteiger partial charge in [-0.15, -0.1) is 0 Å². The largest absolute Gasteiger partial charge is 0.505 e. The molecule has 0 bridgehead atoms. The number of anilines is 1. The number of carbonyl (C=O) groups excluding carboxylic acids is 3. The monoisotopic (exact) mass is 335 g/mol. The molecule has 2 rings (SSSR count). The number of hydrogen-bond donors (Lipinski definition) is 1. The first-order valence-electron chi connectivity index (χ1n) is 7.00. The fourth-order valence-corrected chi connectivity index (χ4v) is 2.37. The molecule has 0 atom stereocenters. The van der Waals surface area contributed by atoms with Gasteiger partial charge in [-0.3, -0.25) is 4.79 Å². The number of carbonyl (C=O) groups is 3. The number of para-hydroxylation sites is 1. The highest BCUT2D eigenvalue weighted by molar-refractivity contribution is 6.04. The minimum Gasteiger partial charge on any atom is -0.505 e. The number of benzene rings is 1. The van der Waals surface area contributed by atoms with Gasteiger partial charge in [0.25, 0.3) is 0 Å². The van der Waals surface area contributed by atoms with Crippen molar-refractivity contribution in [1.82, 2.24) is 0 Å². The molecule has 0 amide bonds. The van der Waals surface area contributed by atoms with Crippen LogP contribution in [0.25, 0.3) is 0 Å². The van der Waals surface area contributed by atoms with Crippen LogP contribution in [0.4, 0.5) is 5.69 Å². The van der Waals surface area contributed by atoms with E-state index in [-0.39, 0.29) is 47.4 Å². The maximum atomic E-state index is 12.2. The predicted molar refractivity (Wildman–Crippen MR) is 82.5 cm³/mol. The fraction of sp³-hybridized carbons (Fsp3) is 0.312. The van der Waals surface area contributed by atoms with Gasteiger partial charge in [0.15, 0.2) is 5.78 Å². The van der Waals surface area contributed by atoms with E-state index in [0.717, 1.165) is 0 Å². The molecule has 24 heavy (non-hydrogen) atoms. The zero-order valence-electron chi connectivity index (χ0n) is 13.5. The lowest BCUT2D eigenvalue weighted by atomic mass is 10.1. The first-order valence-corrected chi connectivity index (χ1v) is 7.00. The van der Waals surface area contributed by atoms with Crippen LogP contribution in [0.5, 0.6) is 5.75 Å². The van der Waals surface area contributed by atoms with Gasteiger partial charge < -0.3 is 24.2 Å². The van der Waals surface area contributed by atoms with Crippen LogP contribution in [0, 0.1) is 0 Å². The topological polar surface area (TPSA) is 102 Å². The number of methoxy groups -OCH3 is 2. The van der Waals surface area contributed by atoms with Gasteiger partial charge in [-0.1, -0.05) is 6.07 Å². The second-order valence-corrected chi connectivity index (χ2v) is 4.95. The van der Waals surface area contributed by atoms with Crippen LogP contribution in [0.1, 0.15) is 17.3 Å². The van der Waals surface area contributed by atoms with E-state index >= 15 is 0 Å². The maximum Gasteiger partial charge on any atom is 0.355 e. The van der Waals surface area contributed by atoms with Crippen molar-refractivity contribution in [3.8, 4) is 5.75 Å². The maximum absolute atomic E-state index is 12.2. The van der Waals surface area contributed by atoms with Crippen molar-refractivity contribution in [2.24, 2.45) is 0 Å². The third-order valence-corrected chi connectivity index (χ3v) is 3.52. The molecule has 128 valence electrons. The third-order valence-electron chi connectivity index (χ3n) is 3.52. The summed E-state index contributed by atoms with van der Waals surface area (Å²) in [4.78, 5) is 37.0. The van der Waals surface area contributed by atoms with Crippen molar-refractivity contribution in [3.05, 3.63) is 35.0 Å². The summed E-state index contributed by atoms with van der Waals surface area (Å²) in [5, 5.41) is 10.4. The highest BCUT2D eigenvalue weighted by atomic mass is 16.5. The molecule has 1 aliphatic rings. The average Bonchev–Trinajstić information content (AvgIpc) is 2.59. The SMILES string of the molecule is COC(=O)C1=C(C(=O)OC)N(c2cccc(C(C)=O)c2O)COC1. The zero-order valence-corrected chi connectivity index (χ0v) is 13.5. The summed E-state index contributed by atoms with van der Waals surface area (Å²) >= 11 is 0. The van der Waals surface area contributed by atoms with Crippen LogP contribution in [-0.2, 0) is 23.8 Å². The normalized spacial score (nSPS) is 14.4. The second kappa shape index (κ2) is 7.14. The van der Waals surface area contributed by atoms with Crippen LogP contribution in [-0.4, -0.2) is 50.4 Å². The van der Waals surface area contributed by atoms with Gasteiger partial charge in [0.2, 0.25) is 0 Å². The minimum atomic E-state index is -0.786. The zero-order chi connectivity index (χ0) is 17.9. The summed E-state index contributed by atoms with van der Waals surface area (Å²) in [6.07, 6.45) is 0. The lowest BCUT2D eigenvalue weighted by molar-refractivity contribution is -0.140. The number of phenolic OH excluding ortho intramolecular Hbond substituents is 1. The Morgan fingerprint density at radius 2 is 1.83 bits per heavy atom. The predicted octanol–water partition coefficient (Wildman–Crippen LogP) is 0.989. The standard InChI is InChI=1S/C16H17NO7/c1-9(18)10-5-4-6-12(14(10)19)17-8-24-7-11(15(20)22-2)13(17)16(21)23-3/h4-6,19H,7-8H2,1-3H3. The van der Waals surface area contributed by atoms with E-state index in [1.54, 1.807) is 6.07 Å². The van der Waals surface area contributed by atoms with Crippen LogP contribution >= 0.6 is 0 Å². The Balaban J connectivity index is 2.64. The first-order chi connectivity index (χ1) is 11.4. The number of rotatable bonds is 4. The Bertz CT molecular complexity index is 723. The van der Waals surface area contributed by atoms with Crippen molar-refractivity contribution in [2.75, 3.05) is 32.5 Å². The Kier molecular flexibility index (Phi) is 5.20. The highest BCUT2D eigenvalue weighted by Gasteiger charge is 2.33. The summed E-state index contributed by atoms with van der Waals surface area (Å²) in [5.41, 5.74) is 0.0842. The van der Waals surface area contributed by atoms with Gasteiger partial charge in [-0.2, -0.15) is 0 Å². The molecule has 0 saturated carbocycles. The van der Waals surface area contributed by atoms with Gasteiger partial charge in [0.1, 0.15) is 18.2 Å². The Morgan fingerprint density at radius 3 is 2.42 bits per heavy atom. The van der Waals surface area contributed by atoms with Crippen LogP contribution in [0.3, 0.4) is 0 Å². The van der Waals surface area contributed by atoms with E-state index < -0.39 is 11.9 Å². The van der Waals surface area contributed by atoms with Crippen molar-refractivity contribution in [1.29, 1.82) is 0 Å². The summed E-state index contributed by atoms with van der Waals surface area (Å²) in [7, 11) is 2.35. The number of ketones is 1. The van der Waals surface area contributed by atoms with Crippen molar-refractivity contribution in [3.63, 3.8) is 0 Å². The summed E-state index contributed by atoms with van der Waals surface area (Å²) < 4.78 is 14.7. The lowest BCUT2D eigenvalue weighted by Crippen LogP contribution is -2.38. The molecule has 0 saturated heterocycles. The van der Waals surface area contributed by atoms with Crippen LogP contribution in [0.15, 0.2) is 29.5 Å². The molecule has 0 fully saturated rings. The molecule has 0 spiro atoms. The molecular formula is C16H17NO7. The van der Waals surface area contributed by atoms with Gasteiger partial charge in [-0.05, 0) is 19.1 Å². The van der Waals surface area contributed by atoms with Gasteiger partial charge in [-0.25, -0.2) is 9.59 Å². The number of aromatic hydroxyl groups is 1. The molecule has 1 heterocycles. The second-order valence-electron chi connectivity index (χ2n) is 4.95. The van der Waals surface area contributed by atoms with Crippen LogP contribution < -0.4 is 4.90 Å². The van der Waals surface area contributed by atoms with E-state index in [9.17, 15) is 19.5 Å². The molecule has 0 unspecified atom stereocenters. The molecule has 1 N–H and O–H groups in total. The fourth-order valence-electron chi connectivity index (χ4n) is 2.37. The molecule has 0 aliphatic carbocycles. The Hall–Kier alpha value is -2.87. The van der Waals surface area contributed by atoms with Gasteiger partial charge in [0.05, 0.1) is 37.7 Å². The molecular weight excluding hydrogens is 318 g/mol. The molecule has 1 aromatic rings. The van der Waals surface area contributed by atoms with Gasteiger partial charge >= 0.3 is 11.9 Å². The van der Waals surface area contributed by atoms with Crippen molar-refractivity contribution in [2.45, 2.75) is 6.92 Å². The molecule has 1 aromatic carbocycles. The number of ether oxygens (including phenoxy) is 3. The number of nitrogens with zero attached hydrogens (tertiary/aromatic N) is 1. The van der Waals surface area contributed by atoms with E-state index in [1.165, 1.54) is 38.2 Å². The quantitative estimate of drug-likeness (QED) is 0.642. The Labute approximate surface area is 138 Å². The highest BCUT2D eigenvalue weighted by Crippen LogP contribution is 2.35. The first kappa shape index (κ1) is 17.5. The van der Waals surface area contributed by atoms with E-state index in [0.29, 0.717) is 0 Å². The minimum absolute atomic E-state index is 0.0387. The van der Waals surface area contributed by atoms with Gasteiger partial charge in [0, 0.05) is 0 Å². The molecule has 1 aliphatic heterocycles. The summed E-state index contributed by atoms with van der Waals surface area (Å²) in [5.74, 6) is -2.20. The number of phenols is 1. The number of hydrogen-bond acceptors (Lipinski definition) is 8. The number of esters is 2. The summed E-state index contributed by atoms with van der Waals surface area (Å²) in [6.45, 7) is 1.06.